The summed E-state index contributed by atoms with van der Waals surface area (Å²) >= 11 is 0. The van der Waals surface area contributed by atoms with E-state index in [9.17, 15) is 13.2 Å². The number of nitrogens with zero attached hydrogens (tertiary/aromatic N) is 2. The first-order chi connectivity index (χ1) is 9.85. The number of hydrogen-bond donors (Lipinski definition) is 1. The Morgan fingerprint density at radius 2 is 2.24 bits per heavy atom. The predicted octanol–water partition coefficient (Wildman–Crippen LogP) is 1.06. The molecule has 0 bridgehead atoms. The van der Waals surface area contributed by atoms with Gasteiger partial charge in [-0.15, -0.1) is 4.40 Å². The molecule has 0 aliphatic carbocycles. The van der Waals surface area contributed by atoms with Gasteiger partial charge in [-0.05, 0) is 31.6 Å². The van der Waals surface area contributed by atoms with E-state index in [1.165, 1.54) is 19.4 Å². The minimum Gasteiger partial charge on any atom is -0.463 e. The van der Waals surface area contributed by atoms with Crippen LogP contribution in [0.3, 0.4) is 0 Å². The number of carbonyl (C=O) groups excluding carboxylic acids is 1. The molecule has 0 radical (unpaired) electrons. The zero-order valence-corrected chi connectivity index (χ0v) is 12.8. The van der Waals surface area contributed by atoms with Crippen molar-refractivity contribution in [2.75, 3.05) is 7.05 Å². The lowest BCUT2D eigenvalue weighted by molar-refractivity contribution is -0.119. The van der Waals surface area contributed by atoms with Crippen LogP contribution >= 0.6 is 0 Å². The standard InChI is InChI=1S/C13H17N3O4S/c1-4-9(2)14-13(17)11-8-10(12-6-5-7-20-12)15-21(18,19)16(11)3/h5-9H,4H2,1-3H3,(H,14,17)/t9-/m1/s1. The van der Waals surface area contributed by atoms with Crippen LogP contribution < -0.4 is 5.32 Å². The van der Waals surface area contributed by atoms with E-state index in [0.29, 0.717) is 5.76 Å². The molecular weight excluding hydrogens is 294 g/mol. The van der Waals surface area contributed by atoms with Crippen LogP contribution in [0.2, 0.25) is 0 Å². The number of nitrogens with one attached hydrogen (secondary N) is 1. The first-order valence-corrected chi connectivity index (χ1v) is 7.90. The van der Waals surface area contributed by atoms with Crippen molar-refractivity contribution in [3.63, 3.8) is 0 Å². The molecule has 0 saturated heterocycles. The molecule has 1 aromatic rings. The summed E-state index contributed by atoms with van der Waals surface area (Å²) in [6.07, 6.45) is 3.56. The van der Waals surface area contributed by atoms with Crippen molar-refractivity contribution in [3.05, 3.63) is 35.9 Å². The molecule has 1 aliphatic rings. The Morgan fingerprint density at radius 3 is 2.81 bits per heavy atom. The fraction of sp³-hybridized carbons (Fsp3) is 0.385. The summed E-state index contributed by atoms with van der Waals surface area (Å²) in [6.45, 7) is 3.77. The van der Waals surface area contributed by atoms with Gasteiger partial charge in [0.15, 0.2) is 5.76 Å². The Hall–Kier alpha value is -2.09. The van der Waals surface area contributed by atoms with Crippen LogP contribution in [0.4, 0.5) is 0 Å². The highest BCUT2D eigenvalue weighted by molar-refractivity contribution is 7.88. The van der Waals surface area contributed by atoms with Crippen molar-refractivity contribution in [2.45, 2.75) is 26.3 Å². The molecule has 1 aromatic heterocycles. The number of hydrogen-bond acceptors (Lipinski definition) is 4. The monoisotopic (exact) mass is 311 g/mol. The minimum absolute atomic E-state index is 0.0108. The van der Waals surface area contributed by atoms with Crippen LogP contribution in [-0.2, 0) is 15.0 Å². The Bertz CT molecular complexity index is 689. The van der Waals surface area contributed by atoms with Gasteiger partial charge in [0.1, 0.15) is 11.4 Å². The molecule has 1 atom stereocenters. The maximum atomic E-state index is 12.2. The second-order valence-electron chi connectivity index (χ2n) is 4.71. The zero-order valence-electron chi connectivity index (χ0n) is 12.0. The molecule has 0 spiro atoms. The van der Waals surface area contributed by atoms with Gasteiger partial charge < -0.3 is 9.73 Å². The van der Waals surface area contributed by atoms with Crippen molar-refractivity contribution in [1.82, 2.24) is 9.62 Å². The average Bonchev–Trinajstić information content (AvgIpc) is 2.95. The lowest BCUT2D eigenvalue weighted by Gasteiger charge is -2.24. The summed E-state index contributed by atoms with van der Waals surface area (Å²) in [4.78, 5) is 12.2. The van der Waals surface area contributed by atoms with Gasteiger partial charge in [0.25, 0.3) is 5.91 Å². The van der Waals surface area contributed by atoms with E-state index >= 15 is 0 Å². The third-order valence-electron chi connectivity index (χ3n) is 3.17. The molecule has 0 aromatic carbocycles. The molecule has 1 N–H and O–H groups in total. The Morgan fingerprint density at radius 1 is 1.52 bits per heavy atom. The topological polar surface area (TPSA) is 92.0 Å². The van der Waals surface area contributed by atoms with Crippen molar-refractivity contribution >= 4 is 21.8 Å². The molecular formula is C13H17N3O4S. The van der Waals surface area contributed by atoms with E-state index in [1.54, 1.807) is 12.1 Å². The van der Waals surface area contributed by atoms with E-state index in [1.807, 2.05) is 13.8 Å². The summed E-state index contributed by atoms with van der Waals surface area (Å²) in [5, 5.41) is 2.73. The SMILES string of the molecule is CC[C@@H](C)NC(=O)C1=CC(c2ccco2)=NS(=O)(=O)N1C. The largest absolute Gasteiger partial charge is 0.463 e. The molecule has 7 nitrogen and oxygen atoms in total. The molecule has 2 heterocycles. The van der Waals surface area contributed by atoms with Crippen LogP contribution in [0.25, 0.3) is 0 Å². The summed E-state index contributed by atoms with van der Waals surface area (Å²) in [5.74, 6) is -0.171. The van der Waals surface area contributed by atoms with Gasteiger partial charge in [0, 0.05) is 13.1 Å². The van der Waals surface area contributed by atoms with Crippen LogP contribution in [0.5, 0.6) is 0 Å². The number of likely N-dealkylation sites (N-methyl/N-ethyl adjacent to an activating group) is 1. The smallest absolute Gasteiger partial charge is 0.345 e. The molecule has 114 valence electrons. The van der Waals surface area contributed by atoms with Crippen molar-refractivity contribution in [2.24, 2.45) is 4.40 Å². The van der Waals surface area contributed by atoms with Crippen molar-refractivity contribution < 1.29 is 17.6 Å². The molecule has 0 unspecified atom stereocenters. The molecule has 1 amide bonds. The zero-order chi connectivity index (χ0) is 15.6. The summed E-state index contributed by atoms with van der Waals surface area (Å²) in [5.41, 5.74) is 0.115. The van der Waals surface area contributed by atoms with E-state index in [2.05, 4.69) is 9.71 Å². The lowest BCUT2D eigenvalue weighted by Crippen LogP contribution is -2.41. The maximum absolute atomic E-state index is 12.2. The van der Waals surface area contributed by atoms with Gasteiger partial charge in [-0.1, -0.05) is 6.92 Å². The highest BCUT2D eigenvalue weighted by Crippen LogP contribution is 2.20. The van der Waals surface area contributed by atoms with E-state index < -0.39 is 16.1 Å². The minimum atomic E-state index is -3.94. The van der Waals surface area contributed by atoms with Crippen molar-refractivity contribution in [3.8, 4) is 0 Å². The number of furan rings is 1. The maximum Gasteiger partial charge on any atom is 0.345 e. The van der Waals surface area contributed by atoms with E-state index in [0.717, 1.165) is 10.7 Å². The molecule has 21 heavy (non-hydrogen) atoms. The first-order valence-electron chi connectivity index (χ1n) is 6.50. The quantitative estimate of drug-likeness (QED) is 0.900. The lowest BCUT2D eigenvalue weighted by atomic mass is 10.2. The van der Waals surface area contributed by atoms with Gasteiger partial charge >= 0.3 is 10.2 Å². The highest BCUT2D eigenvalue weighted by Gasteiger charge is 2.30. The van der Waals surface area contributed by atoms with Gasteiger partial charge in [0.2, 0.25) is 0 Å². The van der Waals surface area contributed by atoms with Crippen LogP contribution in [-0.4, -0.2) is 37.4 Å². The average molecular weight is 311 g/mol. The Kier molecular flexibility index (Phi) is 4.17. The molecule has 8 heteroatoms. The number of amides is 1. The Labute approximate surface area is 123 Å². The summed E-state index contributed by atoms with van der Waals surface area (Å²) in [7, 11) is -2.65. The second-order valence-corrected chi connectivity index (χ2v) is 6.34. The van der Waals surface area contributed by atoms with Crippen LogP contribution in [0.15, 0.2) is 39.0 Å². The molecule has 2 rings (SSSR count). The molecule has 0 saturated carbocycles. The number of carbonyl (C=O) groups is 1. The van der Waals surface area contributed by atoms with Crippen LogP contribution in [0, 0.1) is 0 Å². The van der Waals surface area contributed by atoms with Gasteiger partial charge in [0.05, 0.1) is 6.26 Å². The predicted molar refractivity (Wildman–Crippen MR) is 77.9 cm³/mol. The second kappa shape index (κ2) is 5.72. The fourth-order valence-corrected chi connectivity index (χ4v) is 2.60. The van der Waals surface area contributed by atoms with Gasteiger partial charge in [-0.3, -0.25) is 4.79 Å². The fourth-order valence-electron chi connectivity index (χ4n) is 1.71. The number of rotatable bonds is 4. The van der Waals surface area contributed by atoms with Crippen molar-refractivity contribution in [1.29, 1.82) is 0 Å². The van der Waals surface area contributed by atoms with Gasteiger partial charge in [-0.2, -0.15) is 8.42 Å². The first kappa shape index (κ1) is 15.3. The van der Waals surface area contributed by atoms with Gasteiger partial charge in [-0.25, -0.2) is 4.31 Å². The summed E-state index contributed by atoms with van der Waals surface area (Å²) in [6, 6.07) is 3.15. The summed E-state index contributed by atoms with van der Waals surface area (Å²) < 4.78 is 33.7. The number of allylic oxidation sites excluding steroid dienone is 1. The Balaban J connectivity index is 2.39. The highest BCUT2D eigenvalue weighted by atomic mass is 32.2. The normalized spacial score (nSPS) is 18.7. The molecule has 1 aliphatic heterocycles. The van der Waals surface area contributed by atoms with E-state index in [-0.39, 0.29) is 17.5 Å². The van der Waals surface area contributed by atoms with E-state index in [4.69, 9.17) is 4.42 Å². The third-order valence-corrected chi connectivity index (χ3v) is 4.48. The third kappa shape index (κ3) is 3.15. The molecule has 0 fully saturated rings. The van der Waals surface area contributed by atoms with Crippen LogP contribution in [0.1, 0.15) is 26.0 Å².